The third-order valence-corrected chi connectivity index (χ3v) is 4.78. The van der Waals surface area contributed by atoms with E-state index in [0.717, 1.165) is 0 Å². The number of aliphatic hydroxyl groups is 1. The summed E-state index contributed by atoms with van der Waals surface area (Å²) in [6.45, 7) is 0. The van der Waals surface area contributed by atoms with Gasteiger partial charge in [0.05, 0.1) is 0 Å². The lowest BCUT2D eigenvalue weighted by molar-refractivity contribution is -0.263. The number of azide groups is 1. The standard InChI is InChI=1S/C18H11BrClF3N4O/c19-11-4-7-13-15(9-11)25-14(8-3-10-1-5-12(20)6-2-10)16(13)17(28,26-27-24)18(21,22)23/h1-9,25,28H/b8-3+. The molecule has 3 rings (SSSR count). The molecular weight excluding hydrogens is 461 g/mol. The number of H-pyrrole nitrogens is 1. The molecule has 1 heterocycles. The second kappa shape index (κ2) is 7.52. The van der Waals surface area contributed by atoms with Gasteiger partial charge in [-0.05, 0) is 46.6 Å². The fourth-order valence-corrected chi connectivity index (χ4v) is 3.24. The van der Waals surface area contributed by atoms with Crippen LogP contribution in [0.5, 0.6) is 0 Å². The first-order valence-corrected chi connectivity index (χ1v) is 8.93. The Hall–Kier alpha value is -2.45. The number of hydrogen-bond acceptors (Lipinski definition) is 2. The summed E-state index contributed by atoms with van der Waals surface area (Å²) >= 11 is 9.08. The van der Waals surface area contributed by atoms with E-state index < -0.39 is 17.5 Å². The average molecular weight is 472 g/mol. The van der Waals surface area contributed by atoms with Crippen molar-refractivity contribution in [1.29, 1.82) is 0 Å². The first-order chi connectivity index (χ1) is 13.2. The Balaban J connectivity index is 2.26. The SMILES string of the molecule is [N-]=[N+]=NC(O)(c1c(/C=C/c2ccc(Cl)cc2)[nH]c2cc(Br)ccc12)C(F)(F)F. The van der Waals surface area contributed by atoms with Gasteiger partial charge in [-0.25, -0.2) is 0 Å². The number of aromatic nitrogens is 1. The molecule has 1 unspecified atom stereocenters. The topological polar surface area (TPSA) is 84.8 Å². The summed E-state index contributed by atoms with van der Waals surface area (Å²) in [5.74, 6) is 0. The first kappa shape index (κ1) is 20.3. The van der Waals surface area contributed by atoms with Gasteiger partial charge in [-0.1, -0.05) is 51.8 Å². The molecule has 0 amide bonds. The van der Waals surface area contributed by atoms with E-state index in [9.17, 15) is 18.3 Å². The Morgan fingerprint density at radius 3 is 2.43 bits per heavy atom. The van der Waals surface area contributed by atoms with Gasteiger partial charge in [0.15, 0.2) is 0 Å². The van der Waals surface area contributed by atoms with Crippen LogP contribution in [-0.2, 0) is 5.72 Å². The summed E-state index contributed by atoms with van der Waals surface area (Å²) in [7, 11) is 0. The number of alkyl halides is 3. The molecule has 10 heteroatoms. The van der Waals surface area contributed by atoms with Crippen LogP contribution in [0, 0.1) is 0 Å². The lowest BCUT2D eigenvalue weighted by Gasteiger charge is -2.26. The molecule has 0 aliphatic rings. The molecular formula is C18H11BrClF3N4O. The molecule has 0 saturated heterocycles. The van der Waals surface area contributed by atoms with E-state index in [1.54, 1.807) is 36.4 Å². The highest BCUT2D eigenvalue weighted by molar-refractivity contribution is 9.10. The molecule has 2 aromatic carbocycles. The molecule has 0 bridgehead atoms. The van der Waals surface area contributed by atoms with Gasteiger partial charge in [-0.2, -0.15) is 13.2 Å². The number of nitrogens with zero attached hydrogens (tertiary/aromatic N) is 3. The van der Waals surface area contributed by atoms with Crippen molar-refractivity contribution in [2.45, 2.75) is 11.9 Å². The summed E-state index contributed by atoms with van der Waals surface area (Å²) in [4.78, 5) is 5.05. The van der Waals surface area contributed by atoms with Crippen LogP contribution in [-0.4, -0.2) is 16.3 Å². The number of rotatable bonds is 4. The predicted octanol–water partition coefficient (Wildman–Crippen LogP) is 6.77. The quantitative estimate of drug-likeness (QED) is 0.245. The fourth-order valence-electron chi connectivity index (χ4n) is 2.76. The number of nitrogens with one attached hydrogen (secondary N) is 1. The second-order valence-electron chi connectivity index (χ2n) is 5.85. The molecule has 0 saturated carbocycles. The van der Waals surface area contributed by atoms with Crippen LogP contribution in [0.2, 0.25) is 5.02 Å². The number of fused-ring (bicyclic) bond motifs is 1. The molecule has 0 spiro atoms. The molecule has 1 atom stereocenters. The van der Waals surface area contributed by atoms with Crippen molar-refractivity contribution in [3.8, 4) is 0 Å². The molecule has 0 aliphatic heterocycles. The minimum absolute atomic E-state index is 0.0460. The highest BCUT2D eigenvalue weighted by Gasteiger charge is 2.57. The van der Waals surface area contributed by atoms with E-state index in [1.165, 1.54) is 18.2 Å². The monoisotopic (exact) mass is 470 g/mol. The lowest BCUT2D eigenvalue weighted by atomic mass is 9.98. The Morgan fingerprint density at radius 1 is 1.14 bits per heavy atom. The molecule has 2 N–H and O–H groups in total. The summed E-state index contributed by atoms with van der Waals surface area (Å²) in [5, 5.41) is 13.7. The van der Waals surface area contributed by atoms with Gasteiger partial charge in [0.2, 0.25) is 0 Å². The van der Waals surface area contributed by atoms with Crippen LogP contribution >= 0.6 is 27.5 Å². The van der Waals surface area contributed by atoms with E-state index in [-0.39, 0.29) is 11.1 Å². The number of halogens is 5. The number of hydrogen-bond donors (Lipinski definition) is 2. The minimum Gasteiger partial charge on any atom is -0.372 e. The third kappa shape index (κ3) is 3.74. The lowest BCUT2D eigenvalue weighted by Crippen LogP contribution is -2.40. The highest BCUT2D eigenvalue weighted by atomic mass is 79.9. The normalized spacial score (nSPS) is 14.2. The second-order valence-corrected chi connectivity index (χ2v) is 7.20. The summed E-state index contributed by atoms with van der Waals surface area (Å²) < 4.78 is 41.6. The van der Waals surface area contributed by atoms with E-state index in [4.69, 9.17) is 17.1 Å². The predicted molar refractivity (Wildman–Crippen MR) is 105 cm³/mol. The zero-order chi connectivity index (χ0) is 20.5. The molecule has 5 nitrogen and oxygen atoms in total. The van der Waals surface area contributed by atoms with Crippen molar-refractivity contribution in [2.75, 3.05) is 0 Å². The minimum atomic E-state index is -5.23. The summed E-state index contributed by atoms with van der Waals surface area (Å²) in [6.07, 6.45) is -2.31. The van der Waals surface area contributed by atoms with Gasteiger partial charge in [0, 0.05) is 36.6 Å². The summed E-state index contributed by atoms with van der Waals surface area (Å²) in [5.41, 5.74) is 5.29. The number of benzene rings is 2. The Kier molecular flexibility index (Phi) is 5.45. The van der Waals surface area contributed by atoms with Gasteiger partial charge in [-0.15, -0.1) is 0 Å². The molecule has 144 valence electrons. The Labute approximate surface area is 170 Å². The van der Waals surface area contributed by atoms with Crippen molar-refractivity contribution in [3.63, 3.8) is 0 Å². The zero-order valence-corrected chi connectivity index (χ0v) is 16.2. The third-order valence-electron chi connectivity index (χ3n) is 4.04. The van der Waals surface area contributed by atoms with Crippen LogP contribution in [0.25, 0.3) is 33.5 Å². The van der Waals surface area contributed by atoms with Crippen LogP contribution < -0.4 is 0 Å². The molecule has 0 fully saturated rings. The molecule has 1 aromatic heterocycles. The largest absolute Gasteiger partial charge is 0.427 e. The summed E-state index contributed by atoms with van der Waals surface area (Å²) in [6, 6.07) is 11.1. The van der Waals surface area contributed by atoms with Crippen molar-refractivity contribution < 1.29 is 18.3 Å². The number of aromatic amines is 1. The molecule has 0 aliphatic carbocycles. The molecule has 28 heavy (non-hydrogen) atoms. The van der Waals surface area contributed by atoms with Gasteiger partial charge >= 0.3 is 6.18 Å². The Morgan fingerprint density at radius 2 is 1.82 bits per heavy atom. The fraction of sp³-hybridized carbons (Fsp3) is 0.111. The van der Waals surface area contributed by atoms with Crippen molar-refractivity contribution in [2.24, 2.45) is 5.11 Å². The maximum absolute atomic E-state index is 13.7. The smallest absolute Gasteiger partial charge is 0.372 e. The van der Waals surface area contributed by atoms with Crippen LogP contribution in [0.15, 0.2) is 52.1 Å². The van der Waals surface area contributed by atoms with Crippen molar-refractivity contribution in [1.82, 2.24) is 4.98 Å². The molecule has 0 radical (unpaired) electrons. The van der Waals surface area contributed by atoms with Gasteiger partial charge in [-0.3, -0.25) is 0 Å². The van der Waals surface area contributed by atoms with E-state index in [0.29, 0.717) is 20.6 Å². The zero-order valence-electron chi connectivity index (χ0n) is 13.9. The van der Waals surface area contributed by atoms with Crippen LogP contribution in [0.4, 0.5) is 13.2 Å². The molecule has 3 aromatic rings. The van der Waals surface area contributed by atoms with Crippen LogP contribution in [0.3, 0.4) is 0 Å². The maximum Gasteiger partial charge on any atom is 0.427 e. The average Bonchev–Trinajstić information content (AvgIpc) is 2.98. The van der Waals surface area contributed by atoms with Crippen molar-refractivity contribution >= 4 is 50.6 Å². The van der Waals surface area contributed by atoms with Gasteiger partial charge < -0.3 is 10.1 Å². The van der Waals surface area contributed by atoms with E-state index >= 15 is 0 Å². The van der Waals surface area contributed by atoms with Gasteiger partial charge in [0.1, 0.15) is 0 Å². The van der Waals surface area contributed by atoms with Gasteiger partial charge in [0.25, 0.3) is 5.72 Å². The van der Waals surface area contributed by atoms with E-state index in [1.807, 2.05) is 0 Å². The van der Waals surface area contributed by atoms with Crippen LogP contribution in [0.1, 0.15) is 16.8 Å². The van der Waals surface area contributed by atoms with E-state index in [2.05, 4.69) is 30.9 Å². The highest BCUT2D eigenvalue weighted by Crippen LogP contribution is 2.45. The first-order valence-electron chi connectivity index (χ1n) is 7.76. The van der Waals surface area contributed by atoms with Crippen molar-refractivity contribution in [3.05, 3.63) is 79.2 Å². The Bertz CT molecular complexity index is 1100. The maximum atomic E-state index is 13.7.